The Hall–Kier alpha value is -2.80. The summed E-state index contributed by atoms with van der Waals surface area (Å²) in [5, 5.41) is 9.31. The largest absolute Gasteiger partial charge is 0.497 e. The van der Waals surface area contributed by atoms with Crippen molar-refractivity contribution in [3.63, 3.8) is 0 Å². The van der Waals surface area contributed by atoms with Gasteiger partial charge in [0.05, 0.1) is 23.8 Å². The Morgan fingerprint density at radius 3 is 2.58 bits per heavy atom. The number of thioether (sulfide) groups is 1. The normalized spacial score (nSPS) is 11.3. The molecule has 0 fully saturated rings. The number of ether oxygens (including phenoxy) is 1. The maximum Gasteiger partial charge on any atom is 0.262 e. The second kappa shape index (κ2) is 6.84. The molecule has 2 heterocycles. The lowest BCUT2D eigenvalue weighted by Crippen LogP contribution is -2.22. The maximum atomic E-state index is 12.7. The highest BCUT2D eigenvalue weighted by Gasteiger charge is 2.15. The Labute approximate surface area is 154 Å². The Balaban J connectivity index is 1.78. The third-order valence-corrected chi connectivity index (χ3v) is 5.33. The minimum atomic E-state index is -0.0302. The van der Waals surface area contributed by atoms with Gasteiger partial charge in [-0.1, -0.05) is 12.1 Å². The number of hydrogen-bond acceptors (Lipinski definition) is 5. The predicted molar refractivity (Wildman–Crippen MR) is 103 cm³/mol. The summed E-state index contributed by atoms with van der Waals surface area (Å²) in [7, 11) is 1.66. The minimum Gasteiger partial charge on any atom is -0.497 e. The van der Waals surface area contributed by atoms with Crippen molar-refractivity contribution < 1.29 is 4.74 Å². The van der Waals surface area contributed by atoms with Crippen LogP contribution in [0, 0.1) is 0 Å². The summed E-state index contributed by atoms with van der Waals surface area (Å²) in [4.78, 5) is 13.8. The third kappa shape index (κ3) is 2.74. The summed E-state index contributed by atoms with van der Waals surface area (Å²) in [5.41, 5.74) is 0.810. The molecule has 4 aromatic rings. The second-order valence-electron chi connectivity index (χ2n) is 5.78. The first-order valence-corrected chi connectivity index (χ1v) is 9.34. The molecule has 0 N–H and O–H groups in total. The number of aryl methyl sites for hydroxylation is 1. The van der Waals surface area contributed by atoms with Crippen molar-refractivity contribution in [1.29, 1.82) is 0 Å². The zero-order valence-electron chi connectivity index (χ0n) is 14.5. The van der Waals surface area contributed by atoms with Crippen LogP contribution in [0.5, 0.6) is 5.75 Å². The molecule has 2 aromatic carbocycles. The molecule has 6 nitrogen and oxygen atoms in total. The van der Waals surface area contributed by atoms with Gasteiger partial charge in [0.1, 0.15) is 11.6 Å². The molecular formula is C19H18N4O2S. The second-order valence-corrected chi connectivity index (χ2v) is 6.83. The number of benzene rings is 2. The number of hydrogen-bond donors (Lipinski definition) is 0. The molecule has 0 aliphatic heterocycles. The van der Waals surface area contributed by atoms with Crippen LogP contribution in [-0.2, 0) is 12.3 Å². The zero-order chi connectivity index (χ0) is 18.1. The van der Waals surface area contributed by atoms with Crippen LogP contribution in [0.15, 0.2) is 58.2 Å². The summed E-state index contributed by atoms with van der Waals surface area (Å²) in [6.45, 7) is 2.49. The Bertz CT molecular complexity index is 1130. The van der Waals surface area contributed by atoms with E-state index >= 15 is 0 Å². The lowest BCUT2D eigenvalue weighted by atomic mass is 10.2. The molecule has 0 saturated carbocycles. The van der Waals surface area contributed by atoms with Gasteiger partial charge in [0.25, 0.3) is 5.56 Å². The lowest BCUT2D eigenvalue weighted by molar-refractivity contribution is 0.414. The van der Waals surface area contributed by atoms with E-state index in [2.05, 4.69) is 10.2 Å². The van der Waals surface area contributed by atoms with E-state index in [9.17, 15) is 4.79 Å². The van der Waals surface area contributed by atoms with E-state index in [0.717, 1.165) is 22.0 Å². The van der Waals surface area contributed by atoms with Crippen LogP contribution in [0.25, 0.3) is 16.7 Å². The number of nitrogens with zero attached hydrogens (tertiary/aromatic N) is 4. The van der Waals surface area contributed by atoms with Crippen LogP contribution in [0.1, 0.15) is 12.7 Å². The number of aromatic nitrogens is 4. The summed E-state index contributed by atoms with van der Waals surface area (Å²) in [6, 6.07) is 15.5. The van der Waals surface area contributed by atoms with Gasteiger partial charge in [-0.15, -0.1) is 22.0 Å². The highest BCUT2D eigenvalue weighted by Crippen LogP contribution is 2.25. The molecule has 7 heteroatoms. The van der Waals surface area contributed by atoms with Crippen LogP contribution >= 0.6 is 11.8 Å². The summed E-state index contributed by atoms with van der Waals surface area (Å²) in [6.07, 6.45) is 0. The molecule has 0 bridgehead atoms. The summed E-state index contributed by atoms with van der Waals surface area (Å²) < 4.78 is 8.84. The van der Waals surface area contributed by atoms with Gasteiger partial charge >= 0.3 is 0 Å². The highest BCUT2D eigenvalue weighted by molar-refractivity contribution is 7.98. The van der Waals surface area contributed by atoms with Gasteiger partial charge in [-0.3, -0.25) is 13.8 Å². The first kappa shape index (κ1) is 16.7. The SMILES string of the molecule is CCn1c(=O)c2ccccc2n2c(CSc3ccc(OC)cc3)nnc12. The lowest BCUT2D eigenvalue weighted by Gasteiger charge is -2.09. The first-order valence-electron chi connectivity index (χ1n) is 8.35. The standard InChI is InChI=1S/C19H18N4O2S/c1-3-22-18(24)15-6-4-5-7-16(15)23-17(20-21-19(22)23)12-26-14-10-8-13(25-2)9-11-14/h4-11H,3,12H2,1-2H3. The molecular weight excluding hydrogens is 348 g/mol. The van der Waals surface area contributed by atoms with Crippen molar-refractivity contribution in [2.75, 3.05) is 7.11 Å². The fourth-order valence-corrected chi connectivity index (χ4v) is 3.82. The van der Waals surface area contributed by atoms with Crippen molar-refractivity contribution >= 4 is 28.4 Å². The number of methoxy groups -OCH3 is 1. The van der Waals surface area contributed by atoms with Gasteiger partial charge in [-0.25, -0.2) is 0 Å². The molecule has 0 aliphatic rings. The molecule has 0 spiro atoms. The van der Waals surface area contributed by atoms with E-state index in [1.807, 2.05) is 59.9 Å². The Morgan fingerprint density at radius 2 is 1.85 bits per heavy atom. The molecule has 0 unspecified atom stereocenters. The maximum absolute atomic E-state index is 12.7. The summed E-state index contributed by atoms with van der Waals surface area (Å²) in [5.74, 6) is 2.89. The smallest absolute Gasteiger partial charge is 0.262 e. The molecule has 0 atom stereocenters. The number of fused-ring (bicyclic) bond motifs is 3. The van der Waals surface area contributed by atoms with Crippen molar-refractivity contribution in [2.45, 2.75) is 24.1 Å². The van der Waals surface area contributed by atoms with Crippen molar-refractivity contribution in [3.05, 3.63) is 64.7 Å². The Kier molecular flexibility index (Phi) is 4.38. The average molecular weight is 366 g/mol. The van der Waals surface area contributed by atoms with Crippen LogP contribution in [0.3, 0.4) is 0 Å². The van der Waals surface area contributed by atoms with Gasteiger partial charge in [0.15, 0.2) is 0 Å². The number of rotatable bonds is 5. The molecule has 0 saturated heterocycles. The first-order chi connectivity index (χ1) is 12.7. The molecule has 2 aromatic heterocycles. The molecule has 0 amide bonds. The fourth-order valence-electron chi connectivity index (χ4n) is 3.01. The minimum absolute atomic E-state index is 0.0302. The summed E-state index contributed by atoms with van der Waals surface area (Å²) >= 11 is 1.67. The van der Waals surface area contributed by atoms with Crippen LogP contribution < -0.4 is 10.3 Å². The monoisotopic (exact) mass is 366 g/mol. The van der Waals surface area contributed by atoms with Gasteiger partial charge in [-0.05, 0) is 43.3 Å². The van der Waals surface area contributed by atoms with Crippen molar-refractivity contribution in [1.82, 2.24) is 19.2 Å². The quantitative estimate of drug-likeness (QED) is 0.507. The van der Waals surface area contributed by atoms with E-state index < -0.39 is 0 Å². The van der Waals surface area contributed by atoms with Gasteiger partial charge < -0.3 is 4.74 Å². The Morgan fingerprint density at radius 1 is 1.08 bits per heavy atom. The van der Waals surface area contributed by atoms with Gasteiger partial charge in [-0.2, -0.15) is 0 Å². The molecule has 132 valence electrons. The van der Waals surface area contributed by atoms with Crippen molar-refractivity contribution in [3.8, 4) is 5.75 Å². The van der Waals surface area contributed by atoms with Gasteiger partial charge in [0, 0.05) is 11.4 Å². The fraction of sp³-hybridized carbons (Fsp3) is 0.211. The molecule has 0 radical (unpaired) electrons. The van der Waals surface area contributed by atoms with E-state index in [1.165, 1.54) is 0 Å². The van der Waals surface area contributed by atoms with E-state index in [4.69, 9.17) is 4.74 Å². The topological polar surface area (TPSA) is 61.4 Å². The highest BCUT2D eigenvalue weighted by atomic mass is 32.2. The van der Waals surface area contributed by atoms with Gasteiger partial charge in [0.2, 0.25) is 5.78 Å². The third-order valence-electron chi connectivity index (χ3n) is 4.32. The van der Waals surface area contributed by atoms with Crippen LogP contribution in [-0.4, -0.2) is 26.3 Å². The predicted octanol–water partition coefficient (Wildman–Crippen LogP) is 3.37. The molecule has 0 aliphatic carbocycles. The van der Waals surface area contributed by atoms with Crippen LogP contribution in [0.2, 0.25) is 0 Å². The molecule has 4 rings (SSSR count). The van der Waals surface area contributed by atoms with E-state index in [0.29, 0.717) is 23.5 Å². The average Bonchev–Trinajstić information content (AvgIpc) is 3.11. The van der Waals surface area contributed by atoms with E-state index in [1.54, 1.807) is 23.4 Å². The number of para-hydroxylation sites is 1. The molecule has 26 heavy (non-hydrogen) atoms. The van der Waals surface area contributed by atoms with Crippen LogP contribution in [0.4, 0.5) is 0 Å². The zero-order valence-corrected chi connectivity index (χ0v) is 15.4. The van der Waals surface area contributed by atoms with E-state index in [-0.39, 0.29) is 5.56 Å². The van der Waals surface area contributed by atoms with Crippen molar-refractivity contribution in [2.24, 2.45) is 0 Å².